The Morgan fingerprint density at radius 3 is 2.53 bits per heavy atom. The van der Waals surface area contributed by atoms with Crippen LogP contribution in [0.1, 0.15) is 10.4 Å². The molecule has 0 spiro atoms. The average molecular weight is 282 g/mol. The van der Waals surface area contributed by atoms with Crippen LogP contribution < -0.4 is 5.43 Å². The Balaban J connectivity index is 2.87. The van der Waals surface area contributed by atoms with Crippen molar-refractivity contribution in [2.45, 2.75) is 6.54 Å². The maximum absolute atomic E-state index is 12.0. The minimum Gasteiger partial charge on any atom is -0.480 e. The summed E-state index contributed by atoms with van der Waals surface area (Å²) in [6.45, 7) is -0.446. The molecule has 19 heavy (non-hydrogen) atoms. The van der Waals surface area contributed by atoms with Crippen LogP contribution in [0.3, 0.4) is 0 Å². The van der Waals surface area contributed by atoms with Gasteiger partial charge in [-0.1, -0.05) is 11.6 Å². The first-order valence-corrected chi connectivity index (χ1v) is 5.55. The first kappa shape index (κ1) is 13.1. The molecule has 0 aliphatic carbocycles. The van der Waals surface area contributed by atoms with E-state index in [2.05, 4.69) is 0 Å². The number of nitrogens with zero attached hydrogens (tertiary/aromatic N) is 1. The fourth-order valence-corrected chi connectivity index (χ4v) is 1.97. The van der Waals surface area contributed by atoms with Gasteiger partial charge in [0.05, 0.1) is 5.52 Å². The number of pyridine rings is 1. The highest BCUT2D eigenvalue weighted by Gasteiger charge is 2.15. The van der Waals surface area contributed by atoms with Gasteiger partial charge in [-0.25, -0.2) is 4.79 Å². The minimum absolute atomic E-state index is 0.0775. The SMILES string of the molecule is O=C(O)Cn1cc(C(=O)O)c(=O)c2cc(Cl)ccc21. The highest BCUT2D eigenvalue weighted by molar-refractivity contribution is 6.31. The van der Waals surface area contributed by atoms with Gasteiger partial charge >= 0.3 is 11.9 Å². The maximum Gasteiger partial charge on any atom is 0.341 e. The van der Waals surface area contributed by atoms with E-state index in [1.54, 1.807) is 0 Å². The van der Waals surface area contributed by atoms with E-state index < -0.39 is 29.5 Å². The number of carboxylic acid groups (broad SMARTS) is 2. The molecule has 0 saturated heterocycles. The molecular weight excluding hydrogens is 274 g/mol. The van der Waals surface area contributed by atoms with Crippen LogP contribution in [-0.4, -0.2) is 26.7 Å². The maximum atomic E-state index is 12.0. The summed E-state index contributed by atoms with van der Waals surface area (Å²) >= 11 is 5.77. The van der Waals surface area contributed by atoms with Crippen molar-refractivity contribution in [1.82, 2.24) is 4.57 Å². The molecule has 98 valence electrons. The lowest BCUT2D eigenvalue weighted by Gasteiger charge is -2.10. The predicted molar refractivity (Wildman–Crippen MR) is 67.8 cm³/mol. The molecule has 0 aliphatic heterocycles. The average Bonchev–Trinajstić information content (AvgIpc) is 2.31. The fraction of sp³-hybridized carbons (Fsp3) is 0.0833. The van der Waals surface area contributed by atoms with Gasteiger partial charge in [0, 0.05) is 16.6 Å². The molecule has 0 unspecified atom stereocenters. The number of hydrogen-bond acceptors (Lipinski definition) is 3. The Bertz CT molecular complexity index is 750. The molecule has 1 aromatic heterocycles. The summed E-state index contributed by atoms with van der Waals surface area (Å²) in [5.41, 5.74) is -0.857. The van der Waals surface area contributed by atoms with Gasteiger partial charge in [0.25, 0.3) is 0 Å². The van der Waals surface area contributed by atoms with Crippen molar-refractivity contribution in [3.8, 4) is 0 Å². The Hall–Kier alpha value is -2.34. The molecule has 2 aromatic rings. The van der Waals surface area contributed by atoms with E-state index >= 15 is 0 Å². The monoisotopic (exact) mass is 281 g/mol. The van der Waals surface area contributed by atoms with Crippen molar-refractivity contribution >= 4 is 34.4 Å². The molecule has 6 nitrogen and oxygen atoms in total. The standard InChI is InChI=1S/C12H8ClNO5/c13-6-1-2-9-7(3-6)11(17)8(12(18)19)4-14(9)5-10(15)16/h1-4H,5H2,(H,15,16)(H,18,19). The Morgan fingerprint density at radius 1 is 1.26 bits per heavy atom. The molecule has 2 rings (SSSR count). The molecule has 2 N–H and O–H groups in total. The second-order valence-corrected chi connectivity index (χ2v) is 4.30. The molecule has 0 amide bonds. The van der Waals surface area contributed by atoms with Crippen molar-refractivity contribution in [2.24, 2.45) is 0 Å². The summed E-state index contributed by atoms with van der Waals surface area (Å²) < 4.78 is 1.19. The Morgan fingerprint density at radius 2 is 1.95 bits per heavy atom. The molecule has 0 radical (unpaired) electrons. The number of halogens is 1. The Labute approximate surface area is 111 Å². The normalized spacial score (nSPS) is 10.6. The zero-order chi connectivity index (χ0) is 14.2. The number of carbonyl (C=O) groups is 2. The Kier molecular flexibility index (Phi) is 3.26. The van der Waals surface area contributed by atoms with Gasteiger partial charge in [-0.15, -0.1) is 0 Å². The third-order valence-electron chi connectivity index (χ3n) is 2.58. The van der Waals surface area contributed by atoms with Crippen molar-refractivity contribution < 1.29 is 19.8 Å². The topological polar surface area (TPSA) is 96.6 Å². The van der Waals surface area contributed by atoms with E-state index in [0.29, 0.717) is 5.52 Å². The van der Waals surface area contributed by atoms with E-state index in [0.717, 1.165) is 6.20 Å². The number of aromatic carboxylic acids is 1. The summed E-state index contributed by atoms with van der Waals surface area (Å²) in [5, 5.41) is 18.1. The van der Waals surface area contributed by atoms with Crippen LogP contribution in [0.5, 0.6) is 0 Å². The molecule has 0 fully saturated rings. The van der Waals surface area contributed by atoms with Gasteiger partial charge in [0.15, 0.2) is 0 Å². The molecule has 1 heterocycles. The lowest BCUT2D eigenvalue weighted by Crippen LogP contribution is -2.20. The largest absolute Gasteiger partial charge is 0.480 e. The number of aliphatic carboxylic acids is 1. The van der Waals surface area contributed by atoms with Crippen LogP contribution in [0, 0.1) is 0 Å². The van der Waals surface area contributed by atoms with E-state index in [1.165, 1.54) is 22.8 Å². The molecule has 0 atom stereocenters. The molecule has 0 saturated carbocycles. The number of hydrogen-bond donors (Lipinski definition) is 2. The van der Waals surface area contributed by atoms with Crippen LogP contribution in [0.4, 0.5) is 0 Å². The first-order valence-electron chi connectivity index (χ1n) is 5.18. The number of benzene rings is 1. The van der Waals surface area contributed by atoms with Gasteiger partial charge in [-0.05, 0) is 18.2 Å². The zero-order valence-corrected chi connectivity index (χ0v) is 10.2. The van der Waals surface area contributed by atoms with Crippen LogP contribution in [0.2, 0.25) is 5.02 Å². The summed E-state index contributed by atoms with van der Waals surface area (Å²) in [6, 6.07) is 4.31. The van der Waals surface area contributed by atoms with E-state index in [-0.39, 0.29) is 10.4 Å². The number of rotatable bonds is 3. The summed E-state index contributed by atoms with van der Waals surface area (Å²) in [7, 11) is 0. The van der Waals surface area contributed by atoms with Crippen LogP contribution in [0.15, 0.2) is 29.2 Å². The minimum atomic E-state index is -1.41. The molecule has 7 heteroatoms. The van der Waals surface area contributed by atoms with Gasteiger partial charge in [0.2, 0.25) is 5.43 Å². The first-order chi connectivity index (χ1) is 8.90. The third-order valence-corrected chi connectivity index (χ3v) is 2.81. The van der Waals surface area contributed by atoms with Crippen molar-refractivity contribution in [3.63, 3.8) is 0 Å². The van der Waals surface area contributed by atoms with Crippen molar-refractivity contribution in [1.29, 1.82) is 0 Å². The van der Waals surface area contributed by atoms with Gasteiger partial charge in [-0.2, -0.15) is 0 Å². The van der Waals surface area contributed by atoms with Crippen molar-refractivity contribution in [3.05, 3.63) is 45.2 Å². The molecule has 1 aromatic carbocycles. The van der Waals surface area contributed by atoms with E-state index in [4.69, 9.17) is 21.8 Å². The van der Waals surface area contributed by atoms with Gasteiger partial charge in [0.1, 0.15) is 12.1 Å². The van der Waals surface area contributed by atoms with Crippen molar-refractivity contribution in [2.75, 3.05) is 0 Å². The third kappa shape index (κ3) is 2.43. The summed E-state index contributed by atoms with van der Waals surface area (Å²) in [5.74, 6) is -2.55. The van der Waals surface area contributed by atoms with Crippen LogP contribution >= 0.6 is 11.6 Å². The second-order valence-electron chi connectivity index (χ2n) is 3.86. The molecule has 0 bridgehead atoms. The van der Waals surface area contributed by atoms with Gasteiger partial charge < -0.3 is 14.8 Å². The summed E-state index contributed by atoms with van der Waals surface area (Å²) in [4.78, 5) is 33.7. The van der Waals surface area contributed by atoms with Gasteiger partial charge in [-0.3, -0.25) is 9.59 Å². The smallest absolute Gasteiger partial charge is 0.341 e. The number of carboxylic acids is 2. The second kappa shape index (κ2) is 4.74. The molecular formula is C12H8ClNO5. The van der Waals surface area contributed by atoms with Crippen LogP contribution in [-0.2, 0) is 11.3 Å². The number of fused-ring (bicyclic) bond motifs is 1. The molecule has 0 aliphatic rings. The lowest BCUT2D eigenvalue weighted by atomic mass is 10.1. The van der Waals surface area contributed by atoms with E-state index in [9.17, 15) is 14.4 Å². The lowest BCUT2D eigenvalue weighted by molar-refractivity contribution is -0.137. The zero-order valence-electron chi connectivity index (χ0n) is 9.46. The quantitative estimate of drug-likeness (QED) is 0.887. The van der Waals surface area contributed by atoms with Crippen LogP contribution in [0.25, 0.3) is 10.9 Å². The highest BCUT2D eigenvalue weighted by atomic mass is 35.5. The predicted octanol–water partition coefficient (Wildman–Crippen LogP) is 1.44. The number of aromatic nitrogens is 1. The highest BCUT2D eigenvalue weighted by Crippen LogP contribution is 2.17. The summed E-state index contributed by atoms with van der Waals surface area (Å²) in [6.07, 6.45) is 1.02. The van der Waals surface area contributed by atoms with E-state index in [1.807, 2.05) is 0 Å². The fourth-order valence-electron chi connectivity index (χ4n) is 1.80.